The van der Waals surface area contributed by atoms with Gasteiger partial charge in [0.25, 0.3) is 0 Å². The summed E-state index contributed by atoms with van der Waals surface area (Å²) < 4.78 is 0. The average molecular weight is 271 g/mol. The molecule has 0 atom stereocenters. The summed E-state index contributed by atoms with van der Waals surface area (Å²) >= 11 is 0. The van der Waals surface area contributed by atoms with Crippen LogP contribution in [0.2, 0.25) is 0 Å². The van der Waals surface area contributed by atoms with E-state index in [1.54, 1.807) is 0 Å². The van der Waals surface area contributed by atoms with Crippen molar-refractivity contribution in [3.8, 4) is 0 Å². The first-order chi connectivity index (χ1) is 9.27. The van der Waals surface area contributed by atoms with Crippen molar-refractivity contribution in [3.63, 3.8) is 0 Å². The Hall–Kier alpha value is -0.0800. The fourth-order valence-corrected chi connectivity index (χ4v) is 2.24. The van der Waals surface area contributed by atoms with Gasteiger partial charge in [-0.25, -0.2) is 0 Å². The van der Waals surface area contributed by atoms with Crippen LogP contribution in [0.5, 0.6) is 0 Å². The van der Waals surface area contributed by atoms with Crippen LogP contribution in [0.1, 0.15) is 78.6 Å². The van der Waals surface area contributed by atoms with Gasteiger partial charge in [-0.2, -0.15) is 0 Å². The minimum Gasteiger partial charge on any atom is -0.317 e. The molecule has 0 fully saturated rings. The van der Waals surface area contributed by atoms with Crippen molar-refractivity contribution in [1.29, 1.82) is 0 Å². The Morgan fingerprint density at radius 1 is 0.632 bits per heavy atom. The summed E-state index contributed by atoms with van der Waals surface area (Å²) in [5, 5.41) is 7.03. The maximum Gasteiger partial charge on any atom is -0.00258 e. The topological polar surface area (TPSA) is 24.1 Å². The van der Waals surface area contributed by atoms with Crippen molar-refractivity contribution >= 4 is 0 Å². The molecule has 0 aliphatic heterocycles. The van der Waals surface area contributed by atoms with Crippen LogP contribution in [0, 0.1) is 5.92 Å². The number of rotatable bonds is 15. The quantitative estimate of drug-likeness (QED) is 0.432. The van der Waals surface area contributed by atoms with Gasteiger partial charge in [0.05, 0.1) is 0 Å². The average Bonchev–Trinajstić information content (AvgIpc) is 2.39. The van der Waals surface area contributed by atoms with Crippen LogP contribution in [-0.4, -0.2) is 26.2 Å². The largest absolute Gasteiger partial charge is 0.317 e. The summed E-state index contributed by atoms with van der Waals surface area (Å²) in [6.07, 6.45) is 12.6. The van der Waals surface area contributed by atoms with E-state index in [4.69, 9.17) is 0 Å². The Labute approximate surface area is 122 Å². The number of unbranched alkanes of at least 4 members (excludes halogenated alkanes) is 7. The van der Waals surface area contributed by atoms with E-state index in [9.17, 15) is 0 Å². The zero-order chi connectivity index (χ0) is 14.2. The van der Waals surface area contributed by atoms with Crippen LogP contribution in [0.4, 0.5) is 0 Å². The maximum absolute atomic E-state index is 3.54. The molecule has 0 aromatic heterocycles. The highest BCUT2D eigenvalue weighted by molar-refractivity contribution is 4.54. The van der Waals surface area contributed by atoms with Gasteiger partial charge in [0.1, 0.15) is 0 Å². The van der Waals surface area contributed by atoms with Crippen LogP contribution in [0.3, 0.4) is 0 Å². The molecule has 0 spiro atoms. The molecule has 116 valence electrons. The van der Waals surface area contributed by atoms with Crippen LogP contribution >= 0.6 is 0 Å². The predicted octanol–water partition coefficient (Wildman–Crippen LogP) is 4.35. The molecule has 0 unspecified atom stereocenters. The Kier molecular flexibility index (Phi) is 15.9. The van der Waals surface area contributed by atoms with Crippen LogP contribution in [-0.2, 0) is 0 Å². The minimum absolute atomic E-state index is 0.769. The fourth-order valence-electron chi connectivity index (χ4n) is 2.24. The molecule has 2 nitrogen and oxygen atoms in total. The summed E-state index contributed by atoms with van der Waals surface area (Å²) in [6, 6.07) is 0. The second-order valence-corrected chi connectivity index (χ2v) is 6.18. The smallest absolute Gasteiger partial charge is 0.00258 e. The molecule has 0 rings (SSSR count). The Morgan fingerprint density at radius 2 is 1.16 bits per heavy atom. The van der Waals surface area contributed by atoms with Gasteiger partial charge in [0.2, 0.25) is 0 Å². The number of hydrogen-bond acceptors (Lipinski definition) is 2. The molecule has 0 heterocycles. The van der Waals surface area contributed by atoms with Gasteiger partial charge in [-0.3, -0.25) is 0 Å². The van der Waals surface area contributed by atoms with E-state index < -0.39 is 0 Å². The van der Waals surface area contributed by atoms with Gasteiger partial charge in [-0.15, -0.1) is 0 Å². The van der Waals surface area contributed by atoms with Crippen molar-refractivity contribution in [2.45, 2.75) is 78.6 Å². The zero-order valence-corrected chi connectivity index (χ0v) is 13.8. The van der Waals surface area contributed by atoms with Crippen LogP contribution in [0.15, 0.2) is 0 Å². The standard InChI is InChI=1S/C17H38N2/c1-4-5-6-7-8-9-10-11-13-18-14-12-15-19-16-17(2)3/h17-19H,4-16H2,1-3H3. The van der Waals surface area contributed by atoms with E-state index >= 15 is 0 Å². The molecule has 0 aromatic rings. The highest BCUT2D eigenvalue weighted by Crippen LogP contribution is 2.07. The third kappa shape index (κ3) is 17.9. The van der Waals surface area contributed by atoms with Crippen molar-refractivity contribution < 1.29 is 0 Å². The first-order valence-electron chi connectivity index (χ1n) is 8.68. The summed E-state index contributed by atoms with van der Waals surface area (Å²) in [7, 11) is 0. The molecule has 0 radical (unpaired) electrons. The summed E-state index contributed by atoms with van der Waals surface area (Å²) in [6.45, 7) is 11.5. The van der Waals surface area contributed by atoms with Crippen LogP contribution < -0.4 is 10.6 Å². The van der Waals surface area contributed by atoms with Crippen molar-refractivity contribution in [2.24, 2.45) is 5.92 Å². The van der Waals surface area contributed by atoms with Gasteiger partial charge in [0.15, 0.2) is 0 Å². The Balaban J connectivity index is 2.91. The van der Waals surface area contributed by atoms with E-state index in [0.29, 0.717) is 0 Å². The lowest BCUT2D eigenvalue weighted by molar-refractivity contribution is 0.520. The van der Waals surface area contributed by atoms with Gasteiger partial charge < -0.3 is 10.6 Å². The van der Waals surface area contributed by atoms with Gasteiger partial charge in [-0.1, -0.05) is 65.7 Å². The Morgan fingerprint density at radius 3 is 1.79 bits per heavy atom. The van der Waals surface area contributed by atoms with E-state index in [-0.39, 0.29) is 0 Å². The summed E-state index contributed by atoms with van der Waals surface area (Å²) in [4.78, 5) is 0. The molecule has 0 amide bonds. The molecule has 0 saturated carbocycles. The molecule has 0 aromatic carbocycles. The molecular weight excluding hydrogens is 232 g/mol. The molecule has 2 heteroatoms. The molecule has 0 bridgehead atoms. The molecular formula is C17H38N2. The third-order valence-electron chi connectivity index (χ3n) is 3.47. The molecule has 2 N–H and O–H groups in total. The van der Waals surface area contributed by atoms with E-state index in [1.807, 2.05) is 0 Å². The van der Waals surface area contributed by atoms with E-state index in [0.717, 1.165) is 19.0 Å². The van der Waals surface area contributed by atoms with Crippen molar-refractivity contribution in [2.75, 3.05) is 26.2 Å². The first-order valence-corrected chi connectivity index (χ1v) is 8.68. The van der Waals surface area contributed by atoms with Gasteiger partial charge >= 0.3 is 0 Å². The lowest BCUT2D eigenvalue weighted by Gasteiger charge is -2.08. The SMILES string of the molecule is CCCCCCCCCCNCCCNCC(C)C. The highest BCUT2D eigenvalue weighted by Gasteiger charge is 1.93. The zero-order valence-electron chi connectivity index (χ0n) is 13.8. The second-order valence-electron chi connectivity index (χ2n) is 6.18. The summed E-state index contributed by atoms with van der Waals surface area (Å²) in [5.74, 6) is 0.769. The Bertz CT molecular complexity index is 157. The monoisotopic (exact) mass is 270 g/mol. The molecule has 0 saturated heterocycles. The van der Waals surface area contributed by atoms with Crippen molar-refractivity contribution in [1.82, 2.24) is 10.6 Å². The van der Waals surface area contributed by atoms with Crippen LogP contribution in [0.25, 0.3) is 0 Å². The maximum atomic E-state index is 3.54. The molecule has 0 aliphatic rings. The van der Waals surface area contributed by atoms with E-state index in [1.165, 1.54) is 70.9 Å². The predicted molar refractivity (Wildman–Crippen MR) is 87.8 cm³/mol. The number of hydrogen-bond donors (Lipinski definition) is 2. The van der Waals surface area contributed by atoms with Gasteiger partial charge in [-0.05, 0) is 44.9 Å². The lowest BCUT2D eigenvalue weighted by atomic mass is 10.1. The van der Waals surface area contributed by atoms with E-state index in [2.05, 4.69) is 31.4 Å². The molecule has 0 aliphatic carbocycles. The van der Waals surface area contributed by atoms with Gasteiger partial charge in [0, 0.05) is 0 Å². The first kappa shape index (κ1) is 18.9. The molecule has 19 heavy (non-hydrogen) atoms. The minimum atomic E-state index is 0.769. The third-order valence-corrected chi connectivity index (χ3v) is 3.47. The highest BCUT2D eigenvalue weighted by atomic mass is 14.9. The van der Waals surface area contributed by atoms with Crippen molar-refractivity contribution in [3.05, 3.63) is 0 Å². The second kappa shape index (κ2) is 16.0. The fraction of sp³-hybridized carbons (Fsp3) is 1.00. The number of nitrogens with one attached hydrogen (secondary N) is 2. The lowest BCUT2D eigenvalue weighted by Crippen LogP contribution is -2.25. The normalized spacial score (nSPS) is 11.4. The summed E-state index contributed by atoms with van der Waals surface area (Å²) in [5.41, 5.74) is 0.